The molecule has 3 amide bonds. The number of nitrogens with one attached hydrogen (secondary N) is 1. The lowest BCUT2D eigenvalue weighted by atomic mass is 9.71. The molecule has 0 aromatic heterocycles. The number of anilines is 2. The van der Waals surface area contributed by atoms with Crippen molar-refractivity contribution >= 4 is 29.1 Å². The summed E-state index contributed by atoms with van der Waals surface area (Å²) in [7, 11) is 1.55. The predicted octanol–water partition coefficient (Wildman–Crippen LogP) is 5.46. The summed E-state index contributed by atoms with van der Waals surface area (Å²) in [6.45, 7) is 5.40. The first-order chi connectivity index (χ1) is 22.5. The summed E-state index contributed by atoms with van der Waals surface area (Å²) in [6.07, 6.45) is 0.475. The highest BCUT2D eigenvalue weighted by atomic mass is 19.1. The van der Waals surface area contributed by atoms with Crippen LogP contribution in [0, 0.1) is 11.8 Å². The standard InChI is InChI=1S/C37H42FN3O6/c1-23-33(36(2,3)38)31(20-32(43)40-18-8-11-27(40)22-42)47-37(23)29-19-26(39-34(44)25-12-15-28(46-4)16-13-25)14-17-30(29)41(35(37)45)21-24-9-6-5-7-10-24/h5-7,9-10,12-17,19,23,27,31,33,42H,8,11,18,20-22H2,1-4H3,(H,39,44)/t23-,27+,31+,33-,37+/m1/s1. The Morgan fingerprint density at radius 2 is 1.83 bits per heavy atom. The molecule has 9 nitrogen and oxygen atoms in total. The van der Waals surface area contributed by atoms with Crippen molar-refractivity contribution in [1.82, 2.24) is 4.90 Å². The smallest absolute Gasteiger partial charge is 0.264 e. The molecule has 0 bridgehead atoms. The maximum Gasteiger partial charge on any atom is 0.264 e. The fraction of sp³-hybridized carbons (Fsp3) is 0.432. The molecule has 3 aromatic rings. The van der Waals surface area contributed by atoms with Crippen molar-refractivity contribution in [2.45, 2.75) is 70.0 Å². The van der Waals surface area contributed by atoms with Gasteiger partial charge in [-0.1, -0.05) is 37.3 Å². The van der Waals surface area contributed by atoms with Crippen LogP contribution in [0.1, 0.15) is 61.5 Å². The van der Waals surface area contributed by atoms with Crippen LogP contribution in [0.25, 0.3) is 0 Å². The SMILES string of the molecule is COc1ccc(C(=O)Nc2ccc3c(c2)[C@]2(O[C@@H](CC(=O)N4CCC[C@H]4CO)[C@H](C(C)(C)F)[C@H]2C)C(=O)N3Cc2ccccc2)cc1. The van der Waals surface area contributed by atoms with Crippen molar-refractivity contribution in [3.05, 3.63) is 89.5 Å². The van der Waals surface area contributed by atoms with Gasteiger partial charge in [-0.25, -0.2) is 4.39 Å². The third-order valence-corrected chi connectivity index (χ3v) is 10.0. The van der Waals surface area contributed by atoms with Crippen molar-refractivity contribution in [1.29, 1.82) is 0 Å². The van der Waals surface area contributed by atoms with Gasteiger partial charge in [0.15, 0.2) is 5.60 Å². The number of rotatable bonds is 9. The largest absolute Gasteiger partial charge is 0.497 e. The summed E-state index contributed by atoms with van der Waals surface area (Å²) in [5.41, 5.74) is -0.465. The summed E-state index contributed by atoms with van der Waals surface area (Å²) in [4.78, 5) is 44.9. The number of ether oxygens (including phenoxy) is 2. The molecule has 6 rings (SSSR count). The van der Waals surface area contributed by atoms with E-state index in [0.29, 0.717) is 41.2 Å². The molecule has 0 aliphatic carbocycles. The predicted molar refractivity (Wildman–Crippen MR) is 176 cm³/mol. The van der Waals surface area contributed by atoms with Gasteiger partial charge >= 0.3 is 0 Å². The lowest BCUT2D eigenvalue weighted by Gasteiger charge is -2.33. The third-order valence-electron chi connectivity index (χ3n) is 10.0. The molecule has 0 saturated carbocycles. The normalized spacial score (nSPS) is 25.4. The molecule has 0 unspecified atom stereocenters. The van der Waals surface area contributed by atoms with Gasteiger partial charge in [0.25, 0.3) is 11.8 Å². The molecule has 1 spiro atoms. The van der Waals surface area contributed by atoms with Gasteiger partial charge < -0.3 is 29.7 Å². The molecule has 47 heavy (non-hydrogen) atoms. The van der Waals surface area contributed by atoms with E-state index in [0.717, 1.165) is 12.0 Å². The van der Waals surface area contributed by atoms with Crippen LogP contribution in [-0.4, -0.2) is 65.8 Å². The Labute approximate surface area is 274 Å². The number of fused-ring (bicyclic) bond motifs is 2. The number of nitrogens with zero attached hydrogens (tertiary/aromatic N) is 2. The molecular weight excluding hydrogens is 601 g/mol. The number of carbonyl (C=O) groups is 3. The van der Waals surface area contributed by atoms with E-state index in [4.69, 9.17) is 9.47 Å². The second kappa shape index (κ2) is 12.7. The number of aliphatic hydroxyl groups excluding tert-OH is 1. The Hall–Kier alpha value is -4.28. The number of halogens is 1. The van der Waals surface area contributed by atoms with E-state index in [1.54, 1.807) is 59.4 Å². The summed E-state index contributed by atoms with van der Waals surface area (Å²) >= 11 is 0. The second-order valence-corrected chi connectivity index (χ2v) is 13.3. The number of hydrogen-bond acceptors (Lipinski definition) is 6. The molecule has 248 valence electrons. The summed E-state index contributed by atoms with van der Waals surface area (Å²) < 4.78 is 28.2. The zero-order valence-electron chi connectivity index (χ0n) is 27.2. The van der Waals surface area contributed by atoms with E-state index < -0.39 is 29.2 Å². The molecule has 3 aliphatic rings. The molecule has 5 atom stereocenters. The van der Waals surface area contributed by atoms with Gasteiger partial charge in [0.2, 0.25) is 5.91 Å². The van der Waals surface area contributed by atoms with Crippen LogP contribution in [0.3, 0.4) is 0 Å². The first kappa shape index (κ1) is 32.7. The van der Waals surface area contributed by atoms with Crippen LogP contribution in [0.5, 0.6) is 5.75 Å². The van der Waals surface area contributed by atoms with Crippen LogP contribution < -0.4 is 15.0 Å². The molecule has 2 fully saturated rings. The third kappa shape index (κ3) is 5.89. The van der Waals surface area contributed by atoms with Gasteiger partial charge in [0.05, 0.1) is 44.5 Å². The Balaban J connectivity index is 1.39. The molecule has 10 heteroatoms. The van der Waals surface area contributed by atoms with Gasteiger partial charge in [-0.2, -0.15) is 0 Å². The van der Waals surface area contributed by atoms with Crippen molar-refractivity contribution in [2.75, 3.05) is 30.5 Å². The number of carbonyl (C=O) groups excluding carboxylic acids is 3. The number of hydrogen-bond donors (Lipinski definition) is 2. The highest BCUT2D eigenvalue weighted by Gasteiger charge is 2.66. The first-order valence-corrected chi connectivity index (χ1v) is 16.2. The minimum absolute atomic E-state index is 0.115. The Kier molecular flexibility index (Phi) is 8.84. The van der Waals surface area contributed by atoms with Crippen molar-refractivity contribution in [3.8, 4) is 5.75 Å². The average Bonchev–Trinajstić information content (AvgIpc) is 3.72. The maximum atomic E-state index is 16.2. The highest BCUT2D eigenvalue weighted by molar-refractivity contribution is 6.09. The molecule has 3 heterocycles. The van der Waals surface area contributed by atoms with E-state index in [-0.39, 0.29) is 43.3 Å². The van der Waals surface area contributed by atoms with E-state index in [2.05, 4.69) is 5.32 Å². The van der Waals surface area contributed by atoms with Gasteiger partial charge in [0, 0.05) is 35.2 Å². The average molecular weight is 644 g/mol. The van der Waals surface area contributed by atoms with Crippen molar-refractivity contribution in [3.63, 3.8) is 0 Å². The number of alkyl halides is 1. The van der Waals surface area contributed by atoms with Crippen LogP contribution in [0.15, 0.2) is 72.8 Å². The Bertz CT molecular complexity index is 1640. The van der Waals surface area contributed by atoms with E-state index >= 15 is 4.39 Å². The molecule has 0 radical (unpaired) electrons. The molecular formula is C37H42FN3O6. The fourth-order valence-electron chi connectivity index (χ4n) is 7.84. The lowest BCUT2D eigenvalue weighted by Crippen LogP contribution is -2.45. The Morgan fingerprint density at radius 3 is 2.49 bits per heavy atom. The Morgan fingerprint density at radius 1 is 1.11 bits per heavy atom. The van der Waals surface area contributed by atoms with Crippen LogP contribution in [0.2, 0.25) is 0 Å². The zero-order valence-corrected chi connectivity index (χ0v) is 27.2. The fourth-order valence-corrected chi connectivity index (χ4v) is 7.84. The molecule has 3 aromatic carbocycles. The van der Waals surface area contributed by atoms with Crippen LogP contribution >= 0.6 is 0 Å². The van der Waals surface area contributed by atoms with Gasteiger partial charge in [0.1, 0.15) is 11.4 Å². The molecule has 2 saturated heterocycles. The van der Waals surface area contributed by atoms with E-state index in [9.17, 15) is 19.5 Å². The van der Waals surface area contributed by atoms with Crippen LogP contribution in [0.4, 0.5) is 15.8 Å². The summed E-state index contributed by atoms with van der Waals surface area (Å²) in [5, 5.41) is 12.8. The monoisotopic (exact) mass is 643 g/mol. The minimum atomic E-state index is -1.79. The van der Waals surface area contributed by atoms with Crippen LogP contribution in [-0.2, 0) is 26.5 Å². The maximum absolute atomic E-state index is 16.2. The lowest BCUT2D eigenvalue weighted by molar-refractivity contribution is -0.150. The van der Waals surface area contributed by atoms with Crippen molar-refractivity contribution in [2.24, 2.45) is 11.8 Å². The molecule has 3 aliphatic heterocycles. The van der Waals surface area contributed by atoms with E-state index in [1.165, 1.54) is 13.8 Å². The number of methoxy groups -OCH3 is 1. The summed E-state index contributed by atoms with van der Waals surface area (Å²) in [6, 6.07) is 21.3. The quantitative estimate of drug-likeness (QED) is 0.321. The van der Waals surface area contributed by atoms with Crippen molar-refractivity contribution < 1.29 is 33.4 Å². The minimum Gasteiger partial charge on any atom is -0.497 e. The number of benzene rings is 3. The van der Waals surface area contributed by atoms with Gasteiger partial charge in [-0.3, -0.25) is 14.4 Å². The zero-order chi connectivity index (χ0) is 33.5. The topological polar surface area (TPSA) is 108 Å². The second-order valence-electron chi connectivity index (χ2n) is 13.3. The van der Waals surface area contributed by atoms with Gasteiger partial charge in [-0.15, -0.1) is 0 Å². The number of amides is 3. The highest BCUT2D eigenvalue weighted by Crippen LogP contribution is 2.59. The van der Waals surface area contributed by atoms with Gasteiger partial charge in [-0.05, 0) is 74.7 Å². The van der Waals surface area contributed by atoms with E-state index in [1.807, 2.05) is 37.3 Å². The first-order valence-electron chi connectivity index (χ1n) is 16.2. The summed E-state index contributed by atoms with van der Waals surface area (Å²) in [5.74, 6) is -1.73. The number of aliphatic hydroxyl groups is 1. The molecule has 2 N–H and O–H groups in total. The number of likely N-dealkylation sites (tertiary alicyclic amines) is 1.